The lowest BCUT2D eigenvalue weighted by Gasteiger charge is -2.34. The number of hydrogen-bond acceptors (Lipinski definition) is 4. The first-order valence-electron chi connectivity index (χ1n) is 7.48. The van der Waals surface area contributed by atoms with Crippen molar-refractivity contribution in [2.24, 2.45) is 0 Å². The van der Waals surface area contributed by atoms with Gasteiger partial charge in [0.25, 0.3) is 0 Å². The highest BCUT2D eigenvalue weighted by Crippen LogP contribution is 2.19. The normalized spacial score (nSPS) is 25.2. The Morgan fingerprint density at radius 1 is 1.58 bits per heavy atom. The Kier molecular flexibility index (Phi) is 6.25. The predicted octanol–water partition coefficient (Wildman–Crippen LogP) is 1.68. The van der Waals surface area contributed by atoms with Gasteiger partial charge in [-0.3, -0.25) is 5.32 Å². The second-order valence-corrected chi connectivity index (χ2v) is 6.24. The molecule has 19 heavy (non-hydrogen) atoms. The first-order valence-corrected chi connectivity index (χ1v) is 7.48. The van der Waals surface area contributed by atoms with Crippen molar-refractivity contribution < 1.29 is 0 Å². The lowest BCUT2D eigenvalue weighted by molar-refractivity contribution is 0.164. The third-order valence-corrected chi connectivity index (χ3v) is 4.44. The average molecular weight is 266 g/mol. The minimum absolute atomic E-state index is 0.413. The van der Waals surface area contributed by atoms with Gasteiger partial charge in [-0.1, -0.05) is 6.92 Å². The summed E-state index contributed by atoms with van der Waals surface area (Å²) in [6.45, 7) is 9.44. The van der Waals surface area contributed by atoms with Crippen molar-refractivity contribution in [2.75, 3.05) is 33.7 Å². The molecule has 0 radical (unpaired) electrons. The quantitative estimate of drug-likeness (QED) is 0.761. The van der Waals surface area contributed by atoms with E-state index in [0.29, 0.717) is 12.1 Å². The summed E-state index contributed by atoms with van der Waals surface area (Å²) in [5.41, 5.74) is -0.413. The lowest BCUT2D eigenvalue weighted by Crippen LogP contribution is -2.48. The molecule has 1 aliphatic heterocycles. The molecular weight excluding hydrogens is 236 g/mol. The predicted molar refractivity (Wildman–Crippen MR) is 80.1 cm³/mol. The zero-order valence-corrected chi connectivity index (χ0v) is 13.2. The second kappa shape index (κ2) is 7.23. The van der Waals surface area contributed by atoms with Crippen molar-refractivity contribution in [3.05, 3.63) is 0 Å². The van der Waals surface area contributed by atoms with Gasteiger partial charge in [0.2, 0.25) is 0 Å². The molecule has 4 nitrogen and oxygen atoms in total. The smallest absolute Gasteiger partial charge is 0.105 e. The standard InChI is InChI=1S/C15H30N4/c1-6-17-15(3,12-16)10-13(2)19(5)11-14-8-7-9-18(14)4/h13-14,17H,6-11H2,1-5H3. The summed E-state index contributed by atoms with van der Waals surface area (Å²) in [5.74, 6) is 0. The second-order valence-electron chi connectivity index (χ2n) is 6.24. The van der Waals surface area contributed by atoms with Gasteiger partial charge in [-0.05, 0) is 60.3 Å². The SMILES string of the molecule is CCNC(C)(C#N)CC(C)N(C)CC1CCCN1C. The monoisotopic (exact) mass is 266 g/mol. The molecule has 1 fully saturated rings. The molecule has 3 atom stereocenters. The van der Waals surface area contributed by atoms with E-state index in [1.165, 1.54) is 19.4 Å². The molecule has 0 aromatic heterocycles. The third kappa shape index (κ3) is 4.76. The van der Waals surface area contributed by atoms with E-state index in [4.69, 9.17) is 0 Å². The molecule has 0 spiro atoms. The van der Waals surface area contributed by atoms with Gasteiger partial charge in [-0.2, -0.15) is 5.26 Å². The summed E-state index contributed by atoms with van der Waals surface area (Å²) in [7, 11) is 4.40. The maximum absolute atomic E-state index is 9.33. The molecule has 0 aromatic rings. The molecule has 1 aliphatic rings. The van der Waals surface area contributed by atoms with Crippen molar-refractivity contribution in [3.63, 3.8) is 0 Å². The van der Waals surface area contributed by atoms with Crippen LogP contribution in [0.2, 0.25) is 0 Å². The average Bonchev–Trinajstić information content (AvgIpc) is 2.75. The summed E-state index contributed by atoms with van der Waals surface area (Å²) >= 11 is 0. The van der Waals surface area contributed by atoms with Gasteiger partial charge in [-0.15, -0.1) is 0 Å². The topological polar surface area (TPSA) is 42.3 Å². The van der Waals surface area contributed by atoms with Gasteiger partial charge in [0, 0.05) is 18.6 Å². The minimum atomic E-state index is -0.413. The molecule has 0 bridgehead atoms. The molecule has 1 rings (SSSR count). The number of likely N-dealkylation sites (tertiary alicyclic amines) is 1. The summed E-state index contributed by atoms with van der Waals surface area (Å²) in [6.07, 6.45) is 3.48. The number of nitrogens with one attached hydrogen (secondary N) is 1. The first kappa shape index (κ1) is 16.4. The van der Waals surface area contributed by atoms with Crippen molar-refractivity contribution in [1.82, 2.24) is 15.1 Å². The largest absolute Gasteiger partial charge is 0.302 e. The highest BCUT2D eigenvalue weighted by Gasteiger charge is 2.29. The van der Waals surface area contributed by atoms with Crippen molar-refractivity contribution in [1.29, 1.82) is 5.26 Å². The highest BCUT2D eigenvalue weighted by atomic mass is 15.2. The Morgan fingerprint density at radius 2 is 2.26 bits per heavy atom. The molecule has 0 aliphatic carbocycles. The van der Waals surface area contributed by atoms with E-state index >= 15 is 0 Å². The zero-order valence-electron chi connectivity index (χ0n) is 13.2. The summed E-state index contributed by atoms with van der Waals surface area (Å²) in [5, 5.41) is 12.6. The molecule has 1 heterocycles. The molecule has 1 N–H and O–H groups in total. The number of likely N-dealkylation sites (N-methyl/N-ethyl adjacent to an activating group) is 2. The van der Waals surface area contributed by atoms with Gasteiger partial charge in [0.05, 0.1) is 6.07 Å². The van der Waals surface area contributed by atoms with Crippen LogP contribution in [0.1, 0.15) is 40.0 Å². The number of rotatable bonds is 7. The molecule has 0 saturated carbocycles. The Morgan fingerprint density at radius 3 is 2.74 bits per heavy atom. The fourth-order valence-electron chi connectivity index (χ4n) is 3.02. The molecule has 0 aromatic carbocycles. The van der Waals surface area contributed by atoms with Crippen LogP contribution in [0.3, 0.4) is 0 Å². The van der Waals surface area contributed by atoms with E-state index in [2.05, 4.69) is 49.1 Å². The van der Waals surface area contributed by atoms with Crippen LogP contribution in [0, 0.1) is 11.3 Å². The maximum atomic E-state index is 9.33. The van der Waals surface area contributed by atoms with E-state index < -0.39 is 5.54 Å². The van der Waals surface area contributed by atoms with Crippen LogP contribution >= 0.6 is 0 Å². The molecule has 0 amide bonds. The van der Waals surface area contributed by atoms with Gasteiger partial charge < -0.3 is 9.80 Å². The highest BCUT2D eigenvalue weighted by molar-refractivity contribution is 5.05. The molecule has 3 unspecified atom stereocenters. The van der Waals surface area contributed by atoms with E-state index in [0.717, 1.165) is 19.5 Å². The van der Waals surface area contributed by atoms with Crippen LogP contribution in [0.25, 0.3) is 0 Å². The van der Waals surface area contributed by atoms with Crippen molar-refractivity contribution in [2.45, 2.75) is 57.7 Å². The summed E-state index contributed by atoms with van der Waals surface area (Å²) < 4.78 is 0. The molecule has 110 valence electrons. The fraction of sp³-hybridized carbons (Fsp3) is 0.933. The summed E-state index contributed by atoms with van der Waals surface area (Å²) in [4.78, 5) is 4.86. The molecular formula is C15H30N4. The molecule has 4 heteroatoms. The van der Waals surface area contributed by atoms with E-state index in [9.17, 15) is 5.26 Å². The number of nitriles is 1. The van der Waals surface area contributed by atoms with Crippen molar-refractivity contribution in [3.8, 4) is 6.07 Å². The van der Waals surface area contributed by atoms with Crippen molar-refractivity contribution >= 4 is 0 Å². The van der Waals surface area contributed by atoms with Gasteiger partial charge in [0.15, 0.2) is 0 Å². The fourth-order valence-corrected chi connectivity index (χ4v) is 3.02. The zero-order chi connectivity index (χ0) is 14.5. The maximum Gasteiger partial charge on any atom is 0.105 e. The van der Waals surface area contributed by atoms with Gasteiger partial charge >= 0.3 is 0 Å². The number of hydrogen-bond donors (Lipinski definition) is 1. The number of nitrogens with zero attached hydrogens (tertiary/aromatic N) is 3. The van der Waals surface area contributed by atoms with Gasteiger partial charge in [0.1, 0.15) is 5.54 Å². The Balaban J connectivity index is 2.47. The van der Waals surface area contributed by atoms with Crippen LogP contribution in [0.15, 0.2) is 0 Å². The molecule has 1 saturated heterocycles. The first-order chi connectivity index (χ1) is 8.91. The third-order valence-electron chi connectivity index (χ3n) is 4.44. The van der Waals surface area contributed by atoms with Crippen LogP contribution in [-0.2, 0) is 0 Å². The van der Waals surface area contributed by atoms with Gasteiger partial charge in [-0.25, -0.2) is 0 Å². The Hall–Kier alpha value is -0.630. The van der Waals surface area contributed by atoms with Crippen LogP contribution in [-0.4, -0.2) is 61.2 Å². The lowest BCUT2D eigenvalue weighted by atomic mass is 9.94. The van der Waals surface area contributed by atoms with Crippen LogP contribution in [0.4, 0.5) is 0 Å². The van der Waals surface area contributed by atoms with Crippen LogP contribution in [0.5, 0.6) is 0 Å². The van der Waals surface area contributed by atoms with Crippen LogP contribution < -0.4 is 5.32 Å². The van der Waals surface area contributed by atoms with E-state index in [1.807, 2.05) is 6.92 Å². The van der Waals surface area contributed by atoms with E-state index in [-0.39, 0.29) is 0 Å². The Labute approximate surface area is 118 Å². The summed E-state index contributed by atoms with van der Waals surface area (Å²) in [6, 6.07) is 3.51. The Bertz CT molecular complexity index is 312. The van der Waals surface area contributed by atoms with E-state index in [1.54, 1.807) is 0 Å². The minimum Gasteiger partial charge on any atom is -0.302 e.